The zero-order chi connectivity index (χ0) is 13.7. The Labute approximate surface area is 120 Å². The molecule has 0 spiro atoms. The Morgan fingerprint density at radius 2 is 2.26 bits per heavy atom. The monoisotopic (exact) mass is 279 g/mol. The SMILES string of the molecule is CCc1ccc(CNC(=NC)N2CCCC(C)C2)s1. The predicted molar refractivity (Wildman–Crippen MR) is 83.9 cm³/mol. The lowest BCUT2D eigenvalue weighted by molar-refractivity contribution is 0.266. The summed E-state index contributed by atoms with van der Waals surface area (Å²) in [7, 11) is 1.88. The third kappa shape index (κ3) is 3.96. The molecule has 1 aliphatic heterocycles. The van der Waals surface area contributed by atoms with Crippen LogP contribution in [0.1, 0.15) is 36.4 Å². The molecule has 0 amide bonds. The van der Waals surface area contributed by atoms with Gasteiger partial charge in [-0.25, -0.2) is 0 Å². The molecule has 1 unspecified atom stereocenters. The van der Waals surface area contributed by atoms with Crippen molar-refractivity contribution in [2.75, 3.05) is 20.1 Å². The lowest BCUT2D eigenvalue weighted by atomic mass is 10.0. The average Bonchev–Trinajstić information content (AvgIpc) is 2.87. The summed E-state index contributed by atoms with van der Waals surface area (Å²) >= 11 is 1.90. The molecular formula is C15H25N3S. The van der Waals surface area contributed by atoms with E-state index in [4.69, 9.17) is 0 Å². The van der Waals surface area contributed by atoms with Gasteiger partial charge in [0.15, 0.2) is 5.96 Å². The van der Waals surface area contributed by atoms with Crippen molar-refractivity contribution in [1.82, 2.24) is 10.2 Å². The lowest BCUT2D eigenvalue weighted by Gasteiger charge is -2.33. The zero-order valence-corrected chi connectivity index (χ0v) is 13.1. The number of piperidine rings is 1. The Morgan fingerprint density at radius 1 is 1.47 bits per heavy atom. The van der Waals surface area contributed by atoms with E-state index >= 15 is 0 Å². The highest BCUT2D eigenvalue weighted by Gasteiger charge is 2.18. The summed E-state index contributed by atoms with van der Waals surface area (Å²) in [6.07, 6.45) is 3.75. The molecule has 1 aromatic rings. The molecule has 1 aliphatic rings. The van der Waals surface area contributed by atoms with E-state index in [0.717, 1.165) is 37.9 Å². The van der Waals surface area contributed by atoms with Crippen LogP contribution in [0.2, 0.25) is 0 Å². The minimum absolute atomic E-state index is 0.778. The molecular weight excluding hydrogens is 254 g/mol. The van der Waals surface area contributed by atoms with Crippen molar-refractivity contribution in [3.05, 3.63) is 21.9 Å². The number of aryl methyl sites for hydroxylation is 1. The summed E-state index contributed by atoms with van der Waals surface area (Å²) in [6, 6.07) is 4.45. The van der Waals surface area contributed by atoms with Crippen LogP contribution in [0.15, 0.2) is 17.1 Å². The van der Waals surface area contributed by atoms with Gasteiger partial charge in [0.2, 0.25) is 0 Å². The van der Waals surface area contributed by atoms with Crippen molar-refractivity contribution < 1.29 is 0 Å². The fourth-order valence-electron chi connectivity index (χ4n) is 2.59. The fraction of sp³-hybridized carbons (Fsp3) is 0.667. The van der Waals surface area contributed by atoms with Crippen LogP contribution in [0.5, 0.6) is 0 Å². The Hall–Kier alpha value is -1.03. The number of hydrogen-bond donors (Lipinski definition) is 1. The fourth-order valence-corrected chi connectivity index (χ4v) is 3.49. The van der Waals surface area contributed by atoms with Gasteiger partial charge in [0.05, 0.1) is 6.54 Å². The molecule has 2 heterocycles. The maximum Gasteiger partial charge on any atom is 0.193 e. The van der Waals surface area contributed by atoms with E-state index in [1.807, 2.05) is 18.4 Å². The number of hydrogen-bond acceptors (Lipinski definition) is 2. The van der Waals surface area contributed by atoms with Gasteiger partial charge in [-0.2, -0.15) is 0 Å². The van der Waals surface area contributed by atoms with Crippen LogP contribution < -0.4 is 5.32 Å². The van der Waals surface area contributed by atoms with Crippen molar-refractivity contribution in [2.24, 2.45) is 10.9 Å². The minimum atomic E-state index is 0.778. The molecule has 0 bridgehead atoms. The normalized spacial score (nSPS) is 20.7. The molecule has 1 saturated heterocycles. The van der Waals surface area contributed by atoms with E-state index in [0.29, 0.717) is 0 Å². The first-order chi connectivity index (χ1) is 9.22. The Morgan fingerprint density at radius 3 is 2.89 bits per heavy atom. The molecule has 4 heteroatoms. The van der Waals surface area contributed by atoms with E-state index in [-0.39, 0.29) is 0 Å². The molecule has 0 aliphatic carbocycles. The second kappa shape index (κ2) is 6.94. The van der Waals surface area contributed by atoms with Crippen LogP contribution in [-0.2, 0) is 13.0 Å². The standard InChI is InChI=1S/C15H25N3S/c1-4-13-7-8-14(19-13)10-17-15(16-3)18-9-5-6-12(2)11-18/h7-8,12H,4-6,9-11H2,1-3H3,(H,16,17). The van der Waals surface area contributed by atoms with Gasteiger partial charge in [0.1, 0.15) is 0 Å². The van der Waals surface area contributed by atoms with Crippen molar-refractivity contribution in [3.8, 4) is 0 Å². The van der Waals surface area contributed by atoms with Crippen LogP contribution in [-0.4, -0.2) is 31.0 Å². The topological polar surface area (TPSA) is 27.6 Å². The van der Waals surface area contributed by atoms with E-state index < -0.39 is 0 Å². The number of rotatable bonds is 3. The highest BCUT2D eigenvalue weighted by atomic mass is 32.1. The van der Waals surface area contributed by atoms with E-state index in [2.05, 4.69) is 41.2 Å². The first-order valence-electron chi connectivity index (χ1n) is 7.26. The van der Waals surface area contributed by atoms with Crippen LogP contribution >= 0.6 is 11.3 Å². The smallest absolute Gasteiger partial charge is 0.193 e. The number of thiophene rings is 1. The van der Waals surface area contributed by atoms with Gasteiger partial charge in [-0.1, -0.05) is 13.8 Å². The summed E-state index contributed by atoms with van der Waals surface area (Å²) in [4.78, 5) is 9.66. The molecule has 1 fully saturated rings. The largest absolute Gasteiger partial charge is 0.351 e. The van der Waals surface area contributed by atoms with Crippen molar-refractivity contribution in [3.63, 3.8) is 0 Å². The Balaban J connectivity index is 1.88. The van der Waals surface area contributed by atoms with E-state index in [1.165, 1.54) is 22.6 Å². The molecule has 3 nitrogen and oxygen atoms in total. The second-order valence-corrected chi connectivity index (χ2v) is 6.57. The highest BCUT2D eigenvalue weighted by Crippen LogP contribution is 2.18. The first kappa shape index (κ1) is 14.4. The van der Waals surface area contributed by atoms with Gasteiger partial charge in [0.25, 0.3) is 0 Å². The molecule has 2 rings (SSSR count). The maximum absolute atomic E-state index is 4.42. The third-order valence-electron chi connectivity index (χ3n) is 3.65. The van der Waals surface area contributed by atoms with Crippen molar-refractivity contribution in [2.45, 2.75) is 39.7 Å². The number of nitrogens with zero attached hydrogens (tertiary/aromatic N) is 2. The molecule has 0 saturated carbocycles. The van der Waals surface area contributed by atoms with Gasteiger partial charge >= 0.3 is 0 Å². The third-order valence-corrected chi connectivity index (χ3v) is 4.88. The van der Waals surface area contributed by atoms with Gasteiger partial charge in [-0.05, 0) is 37.3 Å². The summed E-state index contributed by atoms with van der Waals surface area (Å²) in [5, 5.41) is 3.50. The molecule has 0 radical (unpaired) electrons. The number of likely N-dealkylation sites (tertiary alicyclic amines) is 1. The molecule has 1 atom stereocenters. The Kier molecular flexibility index (Phi) is 5.25. The van der Waals surface area contributed by atoms with Crippen LogP contribution in [0.25, 0.3) is 0 Å². The highest BCUT2D eigenvalue weighted by molar-refractivity contribution is 7.11. The summed E-state index contributed by atoms with van der Waals surface area (Å²) in [6.45, 7) is 7.69. The first-order valence-corrected chi connectivity index (χ1v) is 8.07. The van der Waals surface area contributed by atoms with Crippen LogP contribution in [0.4, 0.5) is 0 Å². The molecule has 0 aromatic carbocycles. The number of aliphatic imine (C=N–C) groups is 1. The maximum atomic E-state index is 4.42. The van der Waals surface area contributed by atoms with Gasteiger partial charge < -0.3 is 10.2 Å². The van der Waals surface area contributed by atoms with Gasteiger partial charge in [-0.3, -0.25) is 4.99 Å². The van der Waals surface area contributed by atoms with E-state index in [1.54, 1.807) is 0 Å². The minimum Gasteiger partial charge on any atom is -0.351 e. The van der Waals surface area contributed by atoms with Gasteiger partial charge in [0, 0.05) is 29.9 Å². The lowest BCUT2D eigenvalue weighted by Crippen LogP contribution is -2.45. The van der Waals surface area contributed by atoms with Crippen molar-refractivity contribution >= 4 is 17.3 Å². The van der Waals surface area contributed by atoms with Crippen molar-refractivity contribution in [1.29, 1.82) is 0 Å². The zero-order valence-electron chi connectivity index (χ0n) is 12.3. The summed E-state index contributed by atoms with van der Waals surface area (Å²) < 4.78 is 0. The predicted octanol–water partition coefficient (Wildman–Crippen LogP) is 3.12. The van der Waals surface area contributed by atoms with Gasteiger partial charge in [-0.15, -0.1) is 11.3 Å². The molecule has 1 aromatic heterocycles. The summed E-state index contributed by atoms with van der Waals surface area (Å²) in [5.41, 5.74) is 0. The molecule has 1 N–H and O–H groups in total. The molecule has 19 heavy (non-hydrogen) atoms. The summed E-state index contributed by atoms with van der Waals surface area (Å²) in [5.74, 6) is 1.83. The Bertz CT molecular complexity index is 425. The average molecular weight is 279 g/mol. The van der Waals surface area contributed by atoms with E-state index in [9.17, 15) is 0 Å². The molecule has 106 valence electrons. The van der Waals surface area contributed by atoms with Crippen LogP contribution in [0, 0.1) is 5.92 Å². The van der Waals surface area contributed by atoms with Crippen LogP contribution in [0.3, 0.4) is 0 Å². The number of guanidine groups is 1. The number of nitrogens with one attached hydrogen (secondary N) is 1. The second-order valence-electron chi connectivity index (χ2n) is 5.32. The quantitative estimate of drug-likeness (QED) is 0.680.